The number of amides is 1. The summed E-state index contributed by atoms with van der Waals surface area (Å²) in [6.07, 6.45) is 1.87. The van der Waals surface area contributed by atoms with Crippen LogP contribution >= 0.6 is 0 Å². The number of rotatable bonds is 8. The number of hydrogen-bond acceptors (Lipinski definition) is 4. The summed E-state index contributed by atoms with van der Waals surface area (Å²) in [5, 5.41) is 8.45. The van der Waals surface area contributed by atoms with E-state index in [-0.39, 0.29) is 18.5 Å². The Labute approximate surface area is 152 Å². The van der Waals surface area contributed by atoms with Crippen molar-refractivity contribution in [1.82, 2.24) is 15.1 Å². The molecule has 1 amide bonds. The molecular formula is C20H23N3O3. The Kier molecular flexibility index (Phi) is 5.86. The average molecular weight is 353 g/mol. The SMILES string of the molecule is CCOc1ccc([C@H](COC)NC(=O)Cn2cc3ccccc3n2)cc1. The van der Waals surface area contributed by atoms with Crippen LogP contribution in [0.15, 0.2) is 54.7 Å². The molecule has 0 bridgehead atoms. The number of benzene rings is 2. The third-order valence-corrected chi connectivity index (χ3v) is 4.03. The second-order valence-electron chi connectivity index (χ2n) is 5.96. The molecule has 1 N–H and O–H groups in total. The summed E-state index contributed by atoms with van der Waals surface area (Å²) in [5.41, 5.74) is 1.84. The predicted octanol–water partition coefficient (Wildman–Crippen LogP) is 2.94. The smallest absolute Gasteiger partial charge is 0.242 e. The zero-order chi connectivity index (χ0) is 18.4. The Bertz CT molecular complexity index is 825. The summed E-state index contributed by atoms with van der Waals surface area (Å²) in [6, 6.07) is 15.2. The molecule has 136 valence electrons. The highest BCUT2D eigenvalue weighted by Crippen LogP contribution is 2.18. The summed E-state index contributed by atoms with van der Waals surface area (Å²) < 4.78 is 12.4. The Morgan fingerprint density at radius 1 is 1.19 bits per heavy atom. The first kappa shape index (κ1) is 17.9. The summed E-state index contributed by atoms with van der Waals surface area (Å²) >= 11 is 0. The van der Waals surface area contributed by atoms with Gasteiger partial charge in [0.05, 0.1) is 24.8 Å². The van der Waals surface area contributed by atoms with E-state index < -0.39 is 0 Å². The van der Waals surface area contributed by atoms with Crippen LogP contribution in [-0.4, -0.2) is 36.0 Å². The molecule has 6 nitrogen and oxygen atoms in total. The van der Waals surface area contributed by atoms with Crippen LogP contribution in [-0.2, 0) is 16.1 Å². The molecule has 3 rings (SSSR count). The number of aromatic nitrogens is 2. The van der Waals surface area contributed by atoms with Crippen molar-refractivity contribution in [3.63, 3.8) is 0 Å². The molecule has 1 atom stereocenters. The molecule has 1 heterocycles. The third-order valence-electron chi connectivity index (χ3n) is 4.03. The van der Waals surface area contributed by atoms with Crippen LogP contribution in [0, 0.1) is 0 Å². The lowest BCUT2D eigenvalue weighted by Gasteiger charge is -2.19. The first-order valence-electron chi connectivity index (χ1n) is 8.63. The zero-order valence-electron chi connectivity index (χ0n) is 15.0. The fourth-order valence-corrected chi connectivity index (χ4v) is 2.83. The minimum atomic E-state index is -0.229. The second-order valence-corrected chi connectivity index (χ2v) is 5.96. The normalized spacial score (nSPS) is 12.1. The van der Waals surface area contributed by atoms with Gasteiger partial charge < -0.3 is 14.8 Å². The Morgan fingerprint density at radius 3 is 2.65 bits per heavy atom. The molecule has 3 aromatic rings. The van der Waals surface area contributed by atoms with Gasteiger partial charge >= 0.3 is 0 Å². The first-order valence-corrected chi connectivity index (χ1v) is 8.63. The van der Waals surface area contributed by atoms with E-state index in [1.54, 1.807) is 11.8 Å². The number of carbonyl (C=O) groups is 1. The van der Waals surface area contributed by atoms with E-state index in [9.17, 15) is 4.79 Å². The maximum absolute atomic E-state index is 12.5. The summed E-state index contributed by atoms with van der Waals surface area (Å²) in [7, 11) is 1.62. The maximum atomic E-state index is 12.5. The van der Waals surface area contributed by atoms with E-state index in [0.29, 0.717) is 13.2 Å². The molecule has 26 heavy (non-hydrogen) atoms. The second kappa shape index (κ2) is 8.49. The number of fused-ring (bicyclic) bond motifs is 1. The molecule has 0 fully saturated rings. The maximum Gasteiger partial charge on any atom is 0.242 e. The van der Waals surface area contributed by atoms with E-state index in [1.165, 1.54) is 0 Å². The van der Waals surface area contributed by atoms with Gasteiger partial charge in [-0.05, 0) is 30.7 Å². The Balaban J connectivity index is 1.67. The molecule has 0 unspecified atom stereocenters. The van der Waals surface area contributed by atoms with Crippen molar-refractivity contribution in [1.29, 1.82) is 0 Å². The number of nitrogens with one attached hydrogen (secondary N) is 1. The van der Waals surface area contributed by atoms with Gasteiger partial charge in [0.1, 0.15) is 12.3 Å². The van der Waals surface area contributed by atoms with E-state index >= 15 is 0 Å². The molecule has 0 aliphatic rings. The van der Waals surface area contributed by atoms with Gasteiger partial charge in [-0.25, -0.2) is 0 Å². The monoisotopic (exact) mass is 353 g/mol. The lowest BCUT2D eigenvalue weighted by Crippen LogP contribution is -2.34. The highest BCUT2D eigenvalue weighted by Gasteiger charge is 2.15. The standard InChI is InChI=1S/C20H23N3O3/c1-3-26-17-10-8-15(9-11-17)19(14-25-2)21-20(24)13-23-12-16-6-4-5-7-18(16)22-23/h4-12,19H,3,13-14H2,1-2H3,(H,21,24)/t19-/m0/s1. The van der Waals surface area contributed by atoms with Gasteiger partial charge in [0.2, 0.25) is 5.91 Å². The van der Waals surface area contributed by atoms with Crippen molar-refractivity contribution < 1.29 is 14.3 Å². The molecular weight excluding hydrogens is 330 g/mol. The minimum absolute atomic E-state index is 0.117. The number of methoxy groups -OCH3 is 1. The van der Waals surface area contributed by atoms with Gasteiger partial charge in [0, 0.05) is 18.7 Å². The molecule has 6 heteroatoms. The van der Waals surface area contributed by atoms with E-state index in [2.05, 4.69) is 10.4 Å². The van der Waals surface area contributed by atoms with Crippen LogP contribution in [0.1, 0.15) is 18.5 Å². The third kappa shape index (κ3) is 4.40. The Hall–Kier alpha value is -2.86. The van der Waals surface area contributed by atoms with Crippen molar-refractivity contribution in [2.45, 2.75) is 19.5 Å². The lowest BCUT2D eigenvalue weighted by molar-refractivity contribution is -0.123. The molecule has 0 aliphatic carbocycles. The number of hydrogen-bond donors (Lipinski definition) is 1. The summed E-state index contributed by atoms with van der Waals surface area (Å²) in [6.45, 7) is 3.11. The van der Waals surface area contributed by atoms with E-state index in [0.717, 1.165) is 22.2 Å². The van der Waals surface area contributed by atoms with Crippen molar-refractivity contribution in [2.75, 3.05) is 20.3 Å². The van der Waals surface area contributed by atoms with Gasteiger partial charge in [-0.3, -0.25) is 9.48 Å². The van der Waals surface area contributed by atoms with Gasteiger partial charge in [0.25, 0.3) is 0 Å². The average Bonchev–Trinajstić information content (AvgIpc) is 3.04. The zero-order valence-corrected chi connectivity index (χ0v) is 15.0. The number of nitrogens with zero attached hydrogens (tertiary/aromatic N) is 2. The van der Waals surface area contributed by atoms with Crippen LogP contribution in [0.5, 0.6) is 5.75 Å². The fraction of sp³-hybridized carbons (Fsp3) is 0.300. The van der Waals surface area contributed by atoms with Crippen LogP contribution < -0.4 is 10.1 Å². The molecule has 0 saturated heterocycles. The topological polar surface area (TPSA) is 65.4 Å². The lowest BCUT2D eigenvalue weighted by atomic mass is 10.1. The molecule has 0 saturated carbocycles. The van der Waals surface area contributed by atoms with Crippen molar-refractivity contribution >= 4 is 16.8 Å². The number of carbonyl (C=O) groups excluding carboxylic acids is 1. The van der Waals surface area contributed by atoms with Crippen LogP contribution in [0.2, 0.25) is 0 Å². The van der Waals surface area contributed by atoms with Gasteiger partial charge in [0.15, 0.2) is 0 Å². The predicted molar refractivity (Wildman–Crippen MR) is 100 cm³/mol. The van der Waals surface area contributed by atoms with Gasteiger partial charge in [-0.1, -0.05) is 30.3 Å². The quantitative estimate of drug-likeness (QED) is 0.676. The highest BCUT2D eigenvalue weighted by atomic mass is 16.5. The fourth-order valence-electron chi connectivity index (χ4n) is 2.83. The molecule has 0 spiro atoms. The Morgan fingerprint density at radius 2 is 1.96 bits per heavy atom. The van der Waals surface area contributed by atoms with Crippen molar-refractivity contribution in [3.05, 3.63) is 60.3 Å². The molecule has 0 aliphatic heterocycles. The van der Waals surface area contributed by atoms with E-state index in [1.807, 2.05) is 61.7 Å². The highest BCUT2D eigenvalue weighted by molar-refractivity contribution is 5.80. The molecule has 0 radical (unpaired) electrons. The van der Waals surface area contributed by atoms with E-state index in [4.69, 9.17) is 9.47 Å². The summed E-state index contributed by atoms with van der Waals surface area (Å²) in [5.74, 6) is 0.690. The van der Waals surface area contributed by atoms with Gasteiger partial charge in [-0.15, -0.1) is 0 Å². The first-order chi connectivity index (χ1) is 12.7. The molecule has 2 aromatic carbocycles. The van der Waals surface area contributed by atoms with Crippen LogP contribution in [0.3, 0.4) is 0 Å². The van der Waals surface area contributed by atoms with Crippen molar-refractivity contribution in [3.8, 4) is 5.75 Å². The van der Waals surface area contributed by atoms with Crippen LogP contribution in [0.4, 0.5) is 0 Å². The number of ether oxygens (including phenoxy) is 2. The molecule has 1 aromatic heterocycles. The van der Waals surface area contributed by atoms with Gasteiger partial charge in [-0.2, -0.15) is 5.10 Å². The van der Waals surface area contributed by atoms with Crippen LogP contribution in [0.25, 0.3) is 10.9 Å². The minimum Gasteiger partial charge on any atom is -0.494 e. The summed E-state index contributed by atoms with van der Waals surface area (Å²) in [4.78, 5) is 12.5. The largest absolute Gasteiger partial charge is 0.494 e. The van der Waals surface area contributed by atoms with Crippen molar-refractivity contribution in [2.24, 2.45) is 0 Å².